The summed E-state index contributed by atoms with van der Waals surface area (Å²) < 4.78 is 0. The van der Waals surface area contributed by atoms with Gasteiger partial charge >= 0.3 is 0 Å². The van der Waals surface area contributed by atoms with E-state index in [0.717, 1.165) is 42.5 Å². The number of nitrogens with one attached hydrogen (secondary N) is 1. The number of amides is 1. The van der Waals surface area contributed by atoms with Crippen LogP contribution >= 0.6 is 0 Å². The lowest BCUT2D eigenvalue weighted by Crippen LogP contribution is -2.33. The average molecular weight is 283 g/mol. The molecule has 1 amide bonds. The first-order valence-corrected chi connectivity index (χ1v) is 7.69. The van der Waals surface area contributed by atoms with Crippen molar-refractivity contribution in [1.29, 1.82) is 0 Å². The number of anilines is 1. The first kappa shape index (κ1) is 13.9. The molecule has 1 aliphatic rings. The highest BCUT2D eigenvalue weighted by atomic mass is 16.2. The van der Waals surface area contributed by atoms with Crippen molar-refractivity contribution in [3.8, 4) is 0 Å². The largest absolute Gasteiger partial charge is 0.385 e. The standard InChI is InChI=1S/C17H21N3O/c1-3-18-15-11-16(17(21)20(4-2)12-9-10-12)19-14-8-6-5-7-13(14)15/h5-8,11-12H,3-4,9-10H2,1-2H3,(H,18,19). The van der Waals surface area contributed by atoms with Crippen LogP contribution in [0.5, 0.6) is 0 Å². The zero-order valence-electron chi connectivity index (χ0n) is 12.6. The normalized spacial score (nSPS) is 14.2. The van der Waals surface area contributed by atoms with E-state index in [1.54, 1.807) is 0 Å². The molecule has 0 bridgehead atoms. The molecule has 1 aliphatic carbocycles. The van der Waals surface area contributed by atoms with Gasteiger partial charge < -0.3 is 10.2 Å². The quantitative estimate of drug-likeness (QED) is 0.916. The SMILES string of the molecule is CCNc1cc(C(=O)N(CC)C2CC2)nc2ccccc12. The fourth-order valence-corrected chi connectivity index (χ4v) is 2.72. The Kier molecular flexibility index (Phi) is 3.78. The first-order valence-electron chi connectivity index (χ1n) is 7.69. The molecular formula is C17H21N3O. The smallest absolute Gasteiger partial charge is 0.272 e. The van der Waals surface area contributed by atoms with E-state index in [-0.39, 0.29) is 5.91 Å². The van der Waals surface area contributed by atoms with Crippen LogP contribution in [0.15, 0.2) is 30.3 Å². The Morgan fingerprint density at radius 3 is 2.76 bits per heavy atom. The molecule has 1 aromatic heterocycles. The molecule has 0 unspecified atom stereocenters. The summed E-state index contributed by atoms with van der Waals surface area (Å²) in [5, 5.41) is 4.40. The van der Waals surface area contributed by atoms with Crippen LogP contribution in [-0.4, -0.2) is 34.9 Å². The Hall–Kier alpha value is -2.10. The van der Waals surface area contributed by atoms with Gasteiger partial charge in [-0.2, -0.15) is 0 Å². The third kappa shape index (κ3) is 2.71. The minimum absolute atomic E-state index is 0.0462. The molecule has 2 aromatic rings. The second-order valence-electron chi connectivity index (χ2n) is 5.42. The number of para-hydroxylation sites is 1. The predicted molar refractivity (Wildman–Crippen MR) is 85.6 cm³/mol. The van der Waals surface area contributed by atoms with Crippen molar-refractivity contribution < 1.29 is 4.79 Å². The van der Waals surface area contributed by atoms with E-state index in [1.165, 1.54) is 0 Å². The van der Waals surface area contributed by atoms with Gasteiger partial charge in [-0.25, -0.2) is 4.98 Å². The third-order valence-corrected chi connectivity index (χ3v) is 3.89. The van der Waals surface area contributed by atoms with Gasteiger partial charge in [-0.3, -0.25) is 4.79 Å². The number of fused-ring (bicyclic) bond motifs is 1. The van der Waals surface area contributed by atoms with E-state index in [9.17, 15) is 4.79 Å². The van der Waals surface area contributed by atoms with Gasteiger partial charge in [0.15, 0.2) is 0 Å². The molecule has 0 aliphatic heterocycles. The van der Waals surface area contributed by atoms with Crippen LogP contribution in [0.2, 0.25) is 0 Å². The summed E-state index contributed by atoms with van der Waals surface area (Å²) >= 11 is 0. The Labute approximate surface area is 125 Å². The number of carbonyl (C=O) groups is 1. The summed E-state index contributed by atoms with van der Waals surface area (Å²) in [4.78, 5) is 19.2. The first-order chi connectivity index (χ1) is 10.2. The van der Waals surface area contributed by atoms with Gasteiger partial charge in [0.2, 0.25) is 0 Å². The van der Waals surface area contributed by atoms with Crippen molar-refractivity contribution in [1.82, 2.24) is 9.88 Å². The number of aromatic nitrogens is 1. The van der Waals surface area contributed by atoms with Crippen LogP contribution in [0.25, 0.3) is 10.9 Å². The molecule has 4 nitrogen and oxygen atoms in total. The number of benzene rings is 1. The van der Waals surface area contributed by atoms with E-state index in [1.807, 2.05) is 42.2 Å². The summed E-state index contributed by atoms with van der Waals surface area (Å²) in [6.07, 6.45) is 2.24. The van der Waals surface area contributed by atoms with Crippen molar-refractivity contribution in [2.75, 3.05) is 18.4 Å². The third-order valence-electron chi connectivity index (χ3n) is 3.89. The number of nitrogens with zero attached hydrogens (tertiary/aromatic N) is 2. The zero-order valence-corrected chi connectivity index (χ0v) is 12.6. The molecule has 0 spiro atoms. The molecule has 1 fully saturated rings. The van der Waals surface area contributed by atoms with Crippen LogP contribution in [0.3, 0.4) is 0 Å². The van der Waals surface area contributed by atoms with Crippen LogP contribution in [0.4, 0.5) is 5.69 Å². The van der Waals surface area contributed by atoms with Crippen molar-refractivity contribution in [3.05, 3.63) is 36.0 Å². The topological polar surface area (TPSA) is 45.2 Å². The molecule has 1 aromatic carbocycles. The lowest BCUT2D eigenvalue weighted by molar-refractivity contribution is 0.0747. The minimum atomic E-state index is 0.0462. The molecule has 1 N–H and O–H groups in total. The van der Waals surface area contributed by atoms with Crippen LogP contribution in [0.1, 0.15) is 37.2 Å². The summed E-state index contributed by atoms with van der Waals surface area (Å²) in [7, 11) is 0. The number of hydrogen-bond donors (Lipinski definition) is 1. The molecule has 21 heavy (non-hydrogen) atoms. The van der Waals surface area contributed by atoms with E-state index >= 15 is 0 Å². The van der Waals surface area contributed by atoms with Crippen LogP contribution < -0.4 is 5.32 Å². The van der Waals surface area contributed by atoms with E-state index in [2.05, 4.69) is 17.2 Å². The lowest BCUT2D eigenvalue weighted by Gasteiger charge is -2.20. The Bertz CT molecular complexity index is 664. The van der Waals surface area contributed by atoms with Gasteiger partial charge in [-0.15, -0.1) is 0 Å². The number of rotatable bonds is 5. The van der Waals surface area contributed by atoms with Crippen LogP contribution in [0, 0.1) is 0 Å². The molecule has 1 saturated carbocycles. The highest BCUT2D eigenvalue weighted by molar-refractivity contribution is 6.00. The Morgan fingerprint density at radius 1 is 1.33 bits per heavy atom. The summed E-state index contributed by atoms with van der Waals surface area (Å²) in [6.45, 7) is 5.65. The number of carbonyl (C=O) groups excluding carboxylic acids is 1. The maximum atomic E-state index is 12.7. The van der Waals surface area contributed by atoms with Gasteiger partial charge in [0.05, 0.1) is 5.52 Å². The fraction of sp³-hybridized carbons (Fsp3) is 0.412. The maximum Gasteiger partial charge on any atom is 0.272 e. The molecule has 0 saturated heterocycles. The van der Waals surface area contributed by atoms with Gasteiger partial charge in [0, 0.05) is 30.2 Å². The monoisotopic (exact) mass is 283 g/mol. The van der Waals surface area contributed by atoms with Gasteiger partial charge in [-0.1, -0.05) is 18.2 Å². The lowest BCUT2D eigenvalue weighted by atomic mass is 10.1. The Morgan fingerprint density at radius 2 is 2.10 bits per heavy atom. The van der Waals surface area contributed by atoms with Gasteiger partial charge in [0.25, 0.3) is 5.91 Å². The van der Waals surface area contributed by atoms with Gasteiger partial charge in [-0.05, 0) is 38.8 Å². The van der Waals surface area contributed by atoms with E-state index in [4.69, 9.17) is 0 Å². The highest BCUT2D eigenvalue weighted by Gasteiger charge is 2.32. The molecule has 1 heterocycles. The molecular weight excluding hydrogens is 262 g/mol. The number of hydrogen-bond acceptors (Lipinski definition) is 3. The van der Waals surface area contributed by atoms with E-state index in [0.29, 0.717) is 11.7 Å². The summed E-state index contributed by atoms with van der Waals surface area (Å²) in [6, 6.07) is 10.2. The second kappa shape index (κ2) is 5.72. The highest BCUT2D eigenvalue weighted by Crippen LogP contribution is 2.29. The molecule has 0 atom stereocenters. The van der Waals surface area contributed by atoms with Crippen molar-refractivity contribution in [3.63, 3.8) is 0 Å². The van der Waals surface area contributed by atoms with E-state index < -0.39 is 0 Å². The fourth-order valence-electron chi connectivity index (χ4n) is 2.72. The molecule has 3 rings (SSSR count). The van der Waals surface area contributed by atoms with Crippen molar-refractivity contribution in [2.45, 2.75) is 32.7 Å². The number of pyridine rings is 1. The maximum absolute atomic E-state index is 12.7. The van der Waals surface area contributed by atoms with Crippen molar-refractivity contribution in [2.24, 2.45) is 0 Å². The molecule has 4 heteroatoms. The van der Waals surface area contributed by atoms with Gasteiger partial charge in [0.1, 0.15) is 5.69 Å². The molecule has 0 radical (unpaired) electrons. The average Bonchev–Trinajstić information content (AvgIpc) is 3.33. The molecule has 110 valence electrons. The van der Waals surface area contributed by atoms with Crippen molar-refractivity contribution >= 4 is 22.5 Å². The zero-order chi connectivity index (χ0) is 14.8. The van der Waals surface area contributed by atoms with Crippen LogP contribution in [-0.2, 0) is 0 Å². The Balaban J connectivity index is 2.03. The minimum Gasteiger partial charge on any atom is -0.385 e. The summed E-state index contributed by atoms with van der Waals surface area (Å²) in [5.41, 5.74) is 2.39. The second-order valence-corrected chi connectivity index (χ2v) is 5.42. The predicted octanol–water partition coefficient (Wildman–Crippen LogP) is 3.29. The summed E-state index contributed by atoms with van der Waals surface area (Å²) in [5.74, 6) is 0.0462.